The lowest BCUT2D eigenvalue weighted by Crippen LogP contribution is -2.04. The molecule has 0 fully saturated rings. The number of rotatable bonds is 7. The molecule has 0 atom stereocenters. The molecule has 12 rings (SSSR count). The van der Waals surface area contributed by atoms with Crippen LogP contribution in [0, 0.1) is 42.4 Å². The molecule has 0 saturated heterocycles. The Morgan fingerprint density at radius 2 is 0.681 bits per heavy atom. The van der Waals surface area contributed by atoms with Crippen molar-refractivity contribution in [2.75, 3.05) is 0 Å². The van der Waals surface area contributed by atoms with Crippen LogP contribution in [-0.4, -0.2) is 14.1 Å². The Morgan fingerprint density at radius 3 is 1.01 bits per heavy atom. The summed E-state index contributed by atoms with van der Waals surface area (Å²) < 4.78 is 4.60. The van der Waals surface area contributed by atoms with Crippen LogP contribution in [0.4, 0.5) is 17.1 Å². The molecular formula is C64H34N8. The number of fused-ring (bicyclic) bond motifs is 6. The van der Waals surface area contributed by atoms with Gasteiger partial charge in [0.25, 0.3) is 0 Å². The van der Waals surface area contributed by atoms with E-state index >= 15 is 0 Å². The maximum atomic E-state index is 9.67. The predicted octanol–water partition coefficient (Wildman–Crippen LogP) is 17.0. The summed E-state index contributed by atoms with van der Waals surface area (Å²) >= 11 is 0. The average molecular weight is 915 g/mol. The summed E-state index contributed by atoms with van der Waals surface area (Å²) in [4.78, 5) is 15.9. The van der Waals surface area contributed by atoms with E-state index in [1.165, 1.54) is 0 Å². The second-order valence-electron chi connectivity index (χ2n) is 17.5. The van der Waals surface area contributed by atoms with Gasteiger partial charge in [-0.25, -0.2) is 14.5 Å². The van der Waals surface area contributed by atoms with Gasteiger partial charge in [0.15, 0.2) is 17.1 Å². The highest BCUT2D eigenvalue weighted by Gasteiger charge is 2.24. The Balaban J connectivity index is 1.23. The largest absolute Gasteiger partial charge is 0.308 e. The van der Waals surface area contributed by atoms with E-state index < -0.39 is 0 Å². The molecule has 3 aromatic heterocycles. The van der Waals surface area contributed by atoms with Gasteiger partial charge in [-0.15, -0.1) is 0 Å². The third-order valence-corrected chi connectivity index (χ3v) is 13.6. The van der Waals surface area contributed by atoms with Crippen molar-refractivity contribution in [2.24, 2.45) is 0 Å². The van der Waals surface area contributed by atoms with Crippen molar-refractivity contribution in [3.05, 3.63) is 252 Å². The van der Waals surface area contributed by atoms with Crippen LogP contribution >= 0.6 is 0 Å². The summed E-state index contributed by atoms with van der Waals surface area (Å²) in [6, 6.07) is 69.0. The summed E-state index contributed by atoms with van der Waals surface area (Å²) in [6.45, 7) is 24.0. The fraction of sp³-hybridized carbons (Fsp3) is 0. The highest BCUT2D eigenvalue weighted by Crippen LogP contribution is 2.45. The Morgan fingerprint density at radius 1 is 0.347 bits per heavy atom. The predicted molar refractivity (Wildman–Crippen MR) is 288 cm³/mol. The van der Waals surface area contributed by atoms with Gasteiger partial charge in [0.2, 0.25) is 0 Å². The molecule has 72 heavy (non-hydrogen) atoms. The third-order valence-electron chi connectivity index (χ3n) is 13.6. The second kappa shape index (κ2) is 17.4. The summed E-state index contributed by atoms with van der Waals surface area (Å²) in [5.74, 6) is 0. The second-order valence-corrected chi connectivity index (χ2v) is 17.5. The van der Waals surface area contributed by atoms with Gasteiger partial charge in [-0.3, -0.25) is 4.98 Å². The minimum absolute atomic E-state index is 0.462. The summed E-state index contributed by atoms with van der Waals surface area (Å²) in [5, 5.41) is 23.4. The fourth-order valence-electron chi connectivity index (χ4n) is 9.98. The van der Waals surface area contributed by atoms with Crippen LogP contribution in [-0.2, 0) is 0 Å². The summed E-state index contributed by atoms with van der Waals surface area (Å²) in [5.41, 5.74) is 17.4. The van der Waals surface area contributed by atoms with Crippen molar-refractivity contribution >= 4 is 60.7 Å². The first-order chi connectivity index (χ1) is 35.4. The minimum atomic E-state index is 0.462. The van der Waals surface area contributed by atoms with E-state index in [4.69, 9.17) is 19.7 Å². The molecule has 0 aliphatic rings. The van der Waals surface area contributed by atoms with E-state index in [2.05, 4.69) is 120 Å². The van der Waals surface area contributed by atoms with Gasteiger partial charge >= 0.3 is 0 Å². The minimum Gasteiger partial charge on any atom is -0.308 e. The normalized spacial score (nSPS) is 11.0. The standard InChI is InChI=1S/C64H34N8/c1-67-51-20-12-44(13-21-51)49-18-26-54-53-24-16-47(42-8-4-40(38-65)5-9-42)32-59(53)71(60(54)34-49)63-36-57(46-28-30-70-31-29-46)58(69-3)37-64(63)72-61-33-48(43-10-6-41(39-66)7-11-43)17-25-55(61)56-27-19-50(35-62(56)72)45-14-22-52(68-2)23-15-45/h4-37H. The number of benzene rings is 9. The lowest BCUT2D eigenvalue weighted by Gasteiger charge is -2.20. The number of nitriles is 2. The Bertz CT molecular complexity index is 4160. The monoisotopic (exact) mass is 914 g/mol. The van der Waals surface area contributed by atoms with E-state index in [-0.39, 0.29) is 0 Å². The first-order valence-corrected chi connectivity index (χ1v) is 23.0. The van der Waals surface area contributed by atoms with Crippen LogP contribution < -0.4 is 0 Å². The maximum Gasteiger partial charge on any atom is 0.197 e. The number of hydrogen-bond donors (Lipinski definition) is 0. The van der Waals surface area contributed by atoms with Gasteiger partial charge in [0, 0.05) is 33.9 Å². The molecule has 0 bridgehead atoms. The fourth-order valence-corrected chi connectivity index (χ4v) is 9.98. The van der Waals surface area contributed by atoms with Crippen LogP contribution in [0.5, 0.6) is 0 Å². The van der Waals surface area contributed by atoms with Crippen LogP contribution in [0.3, 0.4) is 0 Å². The molecule has 330 valence electrons. The zero-order valence-corrected chi connectivity index (χ0v) is 38.2. The van der Waals surface area contributed by atoms with Gasteiger partial charge in [0.05, 0.1) is 76.4 Å². The number of pyridine rings is 1. The summed E-state index contributed by atoms with van der Waals surface area (Å²) in [6.07, 6.45) is 3.49. The quantitative estimate of drug-likeness (QED) is 0.149. The van der Waals surface area contributed by atoms with E-state index in [1.807, 2.05) is 115 Å². The molecule has 0 aliphatic heterocycles. The number of nitrogens with zero attached hydrogens (tertiary/aromatic N) is 8. The van der Waals surface area contributed by atoms with E-state index in [9.17, 15) is 10.5 Å². The van der Waals surface area contributed by atoms with Gasteiger partial charge in [-0.1, -0.05) is 121 Å². The molecule has 0 unspecified atom stereocenters. The molecular weight excluding hydrogens is 881 g/mol. The molecule has 3 heterocycles. The molecule has 0 amide bonds. The molecule has 12 aromatic rings. The summed E-state index contributed by atoms with van der Waals surface area (Å²) in [7, 11) is 0. The van der Waals surface area contributed by atoms with E-state index in [1.54, 1.807) is 12.4 Å². The van der Waals surface area contributed by atoms with Crippen molar-refractivity contribution in [2.45, 2.75) is 0 Å². The molecule has 8 heteroatoms. The highest BCUT2D eigenvalue weighted by atomic mass is 15.1. The third kappa shape index (κ3) is 7.17. The van der Waals surface area contributed by atoms with Crippen LogP contribution in [0.1, 0.15) is 11.1 Å². The molecule has 0 aliphatic carbocycles. The Hall–Kier alpha value is -10.8. The molecule has 8 nitrogen and oxygen atoms in total. The van der Waals surface area contributed by atoms with Gasteiger partial charge in [0.1, 0.15) is 0 Å². The Kier molecular flexibility index (Phi) is 10.3. The zero-order valence-electron chi connectivity index (χ0n) is 38.2. The van der Waals surface area contributed by atoms with Crippen LogP contribution in [0.25, 0.3) is 125 Å². The van der Waals surface area contributed by atoms with Crippen molar-refractivity contribution in [3.63, 3.8) is 0 Å². The van der Waals surface area contributed by atoms with Crippen molar-refractivity contribution in [1.82, 2.24) is 14.1 Å². The first kappa shape index (κ1) is 42.5. The molecule has 0 radical (unpaired) electrons. The zero-order chi connectivity index (χ0) is 48.9. The van der Waals surface area contributed by atoms with Gasteiger partial charge in [-0.05, 0) is 128 Å². The SMILES string of the molecule is [C-]#[N+]c1ccc(-c2ccc3c4ccc(-c5ccc(C#N)cc5)cc4n(-c4cc([N+]#[C-])c(-c5ccncc5)cc4-n4c5cc(-c6ccc(C#N)cc6)ccc5c5ccc(-c6ccc([N+]#[C-])cc6)cc54)c3c2)cc1. The van der Waals surface area contributed by atoms with E-state index in [0.29, 0.717) is 28.2 Å². The number of aromatic nitrogens is 3. The Labute approximate surface area is 414 Å². The topological polar surface area (TPSA) is 83.4 Å². The van der Waals surface area contributed by atoms with Crippen molar-refractivity contribution in [3.8, 4) is 79.1 Å². The van der Waals surface area contributed by atoms with Crippen LogP contribution in [0.15, 0.2) is 207 Å². The lowest BCUT2D eigenvalue weighted by molar-refractivity contribution is 1.10. The van der Waals surface area contributed by atoms with Gasteiger partial charge in [-0.2, -0.15) is 10.5 Å². The van der Waals surface area contributed by atoms with Gasteiger partial charge < -0.3 is 9.13 Å². The van der Waals surface area contributed by atoms with Crippen molar-refractivity contribution < 1.29 is 0 Å². The average Bonchev–Trinajstić information content (AvgIpc) is 3.96. The lowest BCUT2D eigenvalue weighted by atomic mass is 10.0. The number of hydrogen-bond acceptors (Lipinski definition) is 3. The molecule has 0 N–H and O–H groups in total. The molecule has 0 spiro atoms. The van der Waals surface area contributed by atoms with Crippen LogP contribution in [0.2, 0.25) is 0 Å². The van der Waals surface area contributed by atoms with Crippen molar-refractivity contribution in [1.29, 1.82) is 10.5 Å². The smallest absolute Gasteiger partial charge is 0.197 e. The first-order valence-electron chi connectivity index (χ1n) is 23.0. The molecule has 0 saturated carbocycles. The highest BCUT2D eigenvalue weighted by molar-refractivity contribution is 6.14. The molecule has 9 aromatic carbocycles. The maximum absolute atomic E-state index is 9.67. The van der Waals surface area contributed by atoms with E-state index in [0.717, 1.165) is 111 Å².